The number of rotatable bonds is 6. The number of hydrogen-bond acceptors (Lipinski definition) is 6. The zero-order chi connectivity index (χ0) is 30.2. The fourth-order valence-electron chi connectivity index (χ4n) is 5.13. The van der Waals surface area contributed by atoms with Gasteiger partial charge in [0.05, 0.1) is 17.4 Å². The van der Waals surface area contributed by atoms with Gasteiger partial charge < -0.3 is 25.0 Å². The lowest BCUT2D eigenvalue weighted by Crippen LogP contribution is -2.46. The Labute approximate surface area is 249 Å². The highest BCUT2D eigenvalue weighted by Gasteiger charge is 2.28. The quantitative estimate of drug-likeness (QED) is 0.416. The Kier molecular flexibility index (Phi) is 10.5. The first-order valence-corrected chi connectivity index (χ1v) is 14.5. The van der Waals surface area contributed by atoms with Crippen LogP contribution in [0.3, 0.4) is 0 Å². The van der Waals surface area contributed by atoms with E-state index in [4.69, 9.17) is 9.47 Å². The Balaban J connectivity index is 1.58. The number of carbonyl (C=O) groups is 2. The number of methoxy groups -OCH3 is 1. The van der Waals surface area contributed by atoms with Gasteiger partial charge in [0.2, 0.25) is 0 Å². The van der Waals surface area contributed by atoms with E-state index in [2.05, 4.69) is 58.6 Å². The number of ether oxygens (including phenoxy) is 2. The third kappa shape index (κ3) is 8.08. The molecule has 1 aliphatic rings. The third-order valence-corrected chi connectivity index (χ3v) is 7.55. The van der Waals surface area contributed by atoms with Crippen molar-refractivity contribution in [3.8, 4) is 17.0 Å². The van der Waals surface area contributed by atoms with Crippen molar-refractivity contribution in [1.82, 2.24) is 20.1 Å². The van der Waals surface area contributed by atoms with E-state index in [1.54, 1.807) is 43.5 Å². The lowest BCUT2D eigenvalue weighted by Gasteiger charge is -2.36. The molecule has 2 N–H and O–H groups in total. The van der Waals surface area contributed by atoms with Gasteiger partial charge in [0.15, 0.2) is 0 Å². The standard InChI is InChI=1S/C33H43N5O4/c1-22(2)35-33(40)36-27-14-15-30-28(17-27)32(39)37(5)20-31(41-6)23(3)18-38(24(4)21-42-30)19-25-10-12-26(13-11-25)29-9-7-8-16-34-29/h7-17,22-24,31H,18-21H2,1-6H3,(H2,35,36,40)/t23-,24-,31+/m1/s1. The van der Waals surface area contributed by atoms with E-state index in [0.29, 0.717) is 30.2 Å². The van der Waals surface area contributed by atoms with Crippen LogP contribution in [0, 0.1) is 5.92 Å². The molecule has 2 aromatic carbocycles. The maximum atomic E-state index is 13.6. The van der Waals surface area contributed by atoms with Crippen molar-refractivity contribution >= 4 is 17.6 Å². The number of aromatic nitrogens is 1. The van der Waals surface area contributed by atoms with E-state index in [1.807, 2.05) is 32.0 Å². The number of benzene rings is 2. The van der Waals surface area contributed by atoms with Crippen LogP contribution in [-0.4, -0.2) is 78.8 Å². The Hall–Kier alpha value is -3.95. The summed E-state index contributed by atoms with van der Waals surface area (Å²) in [6, 6.07) is 19.3. The van der Waals surface area contributed by atoms with Gasteiger partial charge in [0.25, 0.3) is 5.91 Å². The average Bonchev–Trinajstić information content (AvgIpc) is 2.98. The first-order valence-electron chi connectivity index (χ1n) is 14.5. The Morgan fingerprint density at radius 1 is 1.10 bits per heavy atom. The van der Waals surface area contributed by atoms with Crippen molar-refractivity contribution < 1.29 is 19.1 Å². The number of urea groups is 1. The number of anilines is 1. The van der Waals surface area contributed by atoms with Crippen LogP contribution in [0.4, 0.5) is 10.5 Å². The summed E-state index contributed by atoms with van der Waals surface area (Å²) in [6.45, 7) is 10.4. The lowest BCUT2D eigenvalue weighted by atomic mass is 10.0. The van der Waals surface area contributed by atoms with Gasteiger partial charge in [-0.25, -0.2) is 4.79 Å². The second-order valence-corrected chi connectivity index (χ2v) is 11.4. The molecule has 42 heavy (non-hydrogen) atoms. The molecule has 1 aliphatic heterocycles. The maximum Gasteiger partial charge on any atom is 0.319 e. The molecule has 3 aromatic rings. The highest BCUT2D eigenvalue weighted by Crippen LogP contribution is 2.27. The summed E-state index contributed by atoms with van der Waals surface area (Å²) in [6.07, 6.45) is 1.64. The smallest absolute Gasteiger partial charge is 0.319 e. The van der Waals surface area contributed by atoms with Crippen molar-refractivity contribution in [1.29, 1.82) is 0 Å². The second kappa shape index (κ2) is 14.3. The van der Waals surface area contributed by atoms with Gasteiger partial charge in [-0.05, 0) is 62.6 Å². The van der Waals surface area contributed by atoms with Gasteiger partial charge in [-0.2, -0.15) is 0 Å². The number of fused-ring (bicyclic) bond motifs is 1. The van der Waals surface area contributed by atoms with Gasteiger partial charge in [-0.15, -0.1) is 0 Å². The third-order valence-electron chi connectivity index (χ3n) is 7.55. The normalized spacial score (nSPS) is 20.2. The van der Waals surface area contributed by atoms with E-state index >= 15 is 0 Å². The van der Waals surface area contributed by atoms with Crippen molar-refractivity contribution in [2.75, 3.05) is 39.2 Å². The van der Waals surface area contributed by atoms with Gasteiger partial charge in [0.1, 0.15) is 12.4 Å². The molecule has 1 aromatic heterocycles. The van der Waals surface area contributed by atoms with Crippen LogP contribution in [0.25, 0.3) is 11.3 Å². The molecule has 3 amide bonds. The summed E-state index contributed by atoms with van der Waals surface area (Å²) in [5, 5.41) is 5.62. The molecular weight excluding hydrogens is 530 g/mol. The maximum absolute atomic E-state index is 13.6. The van der Waals surface area contributed by atoms with Crippen LogP contribution in [0.2, 0.25) is 0 Å². The van der Waals surface area contributed by atoms with E-state index in [0.717, 1.165) is 24.3 Å². The number of carbonyl (C=O) groups excluding carboxylic acids is 2. The number of likely N-dealkylation sites (N-methyl/N-ethyl adjacent to an activating group) is 1. The number of pyridine rings is 1. The van der Waals surface area contributed by atoms with Gasteiger partial charge in [-0.3, -0.25) is 14.7 Å². The van der Waals surface area contributed by atoms with E-state index in [9.17, 15) is 9.59 Å². The number of hydrogen-bond donors (Lipinski definition) is 2. The second-order valence-electron chi connectivity index (χ2n) is 11.4. The summed E-state index contributed by atoms with van der Waals surface area (Å²) in [4.78, 5) is 34.4. The Morgan fingerprint density at radius 2 is 1.86 bits per heavy atom. The number of amides is 3. The van der Waals surface area contributed by atoms with Gasteiger partial charge in [0, 0.05) is 63.3 Å². The molecule has 0 unspecified atom stereocenters. The van der Waals surface area contributed by atoms with E-state index < -0.39 is 0 Å². The number of nitrogens with zero attached hydrogens (tertiary/aromatic N) is 3. The molecule has 0 aliphatic carbocycles. The van der Waals surface area contributed by atoms with Crippen LogP contribution < -0.4 is 15.4 Å². The van der Waals surface area contributed by atoms with E-state index in [-0.39, 0.29) is 36.0 Å². The molecule has 4 rings (SSSR count). The molecule has 0 saturated carbocycles. The minimum Gasteiger partial charge on any atom is -0.491 e. The minimum atomic E-state index is -0.328. The van der Waals surface area contributed by atoms with Crippen LogP contribution in [-0.2, 0) is 11.3 Å². The number of nitrogens with one attached hydrogen (secondary N) is 2. The fraction of sp³-hybridized carbons (Fsp3) is 0.424. The summed E-state index contributed by atoms with van der Waals surface area (Å²) in [5.74, 6) is 0.438. The van der Waals surface area contributed by atoms with Crippen LogP contribution in [0.15, 0.2) is 66.9 Å². The zero-order valence-electron chi connectivity index (χ0n) is 25.5. The summed E-state index contributed by atoms with van der Waals surface area (Å²) in [5.41, 5.74) is 4.14. The van der Waals surface area contributed by atoms with Crippen LogP contribution >= 0.6 is 0 Å². The van der Waals surface area contributed by atoms with Crippen molar-refractivity contribution in [2.24, 2.45) is 5.92 Å². The molecule has 2 heterocycles. The predicted octanol–water partition coefficient (Wildman–Crippen LogP) is 5.28. The summed E-state index contributed by atoms with van der Waals surface area (Å²) >= 11 is 0. The molecule has 0 spiro atoms. The highest BCUT2D eigenvalue weighted by molar-refractivity contribution is 5.99. The molecule has 0 saturated heterocycles. The first kappa shape index (κ1) is 31.0. The van der Waals surface area contributed by atoms with E-state index in [1.165, 1.54) is 5.56 Å². The molecule has 0 fully saturated rings. The molecule has 0 bridgehead atoms. The Bertz CT molecular complexity index is 1330. The first-order chi connectivity index (χ1) is 20.1. The summed E-state index contributed by atoms with van der Waals surface area (Å²) in [7, 11) is 3.47. The molecule has 224 valence electrons. The Morgan fingerprint density at radius 3 is 2.52 bits per heavy atom. The fourth-order valence-corrected chi connectivity index (χ4v) is 5.13. The summed E-state index contributed by atoms with van der Waals surface area (Å²) < 4.78 is 12.2. The predicted molar refractivity (Wildman–Crippen MR) is 166 cm³/mol. The molecule has 9 nitrogen and oxygen atoms in total. The minimum absolute atomic E-state index is 0.0124. The zero-order valence-corrected chi connectivity index (χ0v) is 25.5. The van der Waals surface area contributed by atoms with Crippen molar-refractivity contribution in [3.05, 3.63) is 78.0 Å². The van der Waals surface area contributed by atoms with Crippen molar-refractivity contribution in [3.63, 3.8) is 0 Å². The van der Waals surface area contributed by atoms with Crippen LogP contribution in [0.5, 0.6) is 5.75 Å². The molecule has 0 radical (unpaired) electrons. The van der Waals surface area contributed by atoms with Crippen molar-refractivity contribution in [2.45, 2.75) is 52.4 Å². The largest absolute Gasteiger partial charge is 0.491 e. The van der Waals surface area contributed by atoms with Gasteiger partial charge in [-0.1, -0.05) is 37.3 Å². The van der Waals surface area contributed by atoms with Gasteiger partial charge >= 0.3 is 6.03 Å². The topological polar surface area (TPSA) is 96.0 Å². The SMILES string of the molecule is CO[C@H]1CN(C)C(=O)c2cc(NC(=O)NC(C)C)ccc2OC[C@@H](C)N(Cc2ccc(-c3ccccn3)cc2)C[C@H]1C. The average molecular weight is 574 g/mol. The lowest BCUT2D eigenvalue weighted by molar-refractivity contribution is 0.00922. The molecule has 3 atom stereocenters. The molecular formula is C33H43N5O4. The molecule has 9 heteroatoms. The monoisotopic (exact) mass is 573 g/mol. The highest BCUT2D eigenvalue weighted by atomic mass is 16.5. The van der Waals surface area contributed by atoms with Crippen LogP contribution in [0.1, 0.15) is 43.6 Å².